The van der Waals surface area contributed by atoms with Gasteiger partial charge in [0, 0.05) is 13.1 Å². The van der Waals surface area contributed by atoms with Gasteiger partial charge in [0.15, 0.2) is 0 Å². The fourth-order valence-electron chi connectivity index (χ4n) is 1.47. The van der Waals surface area contributed by atoms with Crippen molar-refractivity contribution in [2.75, 3.05) is 17.7 Å². The summed E-state index contributed by atoms with van der Waals surface area (Å²) in [6.45, 7) is 4.42. The first-order valence-electron chi connectivity index (χ1n) is 5.09. The molecule has 3 heteroatoms. The van der Waals surface area contributed by atoms with Crippen LogP contribution in [0.25, 0.3) is 0 Å². The summed E-state index contributed by atoms with van der Waals surface area (Å²) in [7, 11) is 2.09. The van der Waals surface area contributed by atoms with Crippen molar-refractivity contribution in [3.8, 4) is 0 Å². The maximum Gasteiger partial charge on any atom is 0.123 e. The molecule has 14 heavy (non-hydrogen) atoms. The summed E-state index contributed by atoms with van der Waals surface area (Å²) in [6, 6.07) is 4.39. The van der Waals surface area contributed by atoms with E-state index in [-0.39, 0.29) is 0 Å². The molecule has 1 atom stereocenters. The first-order chi connectivity index (χ1) is 6.65. The van der Waals surface area contributed by atoms with E-state index in [9.17, 15) is 0 Å². The Hall–Kier alpha value is -1.25. The van der Waals surface area contributed by atoms with Gasteiger partial charge in [-0.1, -0.05) is 13.3 Å². The van der Waals surface area contributed by atoms with Crippen molar-refractivity contribution in [2.45, 2.75) is 32.7 Å². The highest BCUT2D eigenvalue weighted by molar-refractivity contribution is 5.47. The molecule has 1 aromatic rings. The average Bonchev–Trinajstić information content (AvgIpc) is 2.18. The molecular weight excluding hydrogens is 174 g/mol. The van der Waals surface area contributed by atoms with Crippen LogP contribution in [0.15, 0.2) is 18.3 Å². The minimum Gasteiger partial charge on any atom is -0.384 e. The Morgan fingerprint density at radius 2 is 2.21 bits per heavy atom. The smallest absolute Gasteiger partial charge is 0.123 e. The SMILES string of the molecule is CCCC(C)N(C)c1ccc(N)nc1. The van der Waals surface area contributed by atoms with E-state index in [1.165, 1.54) is 12.8 Å². The molecule has 3 nitrogen and oxygen atoms in total. The second-order valence-corrected chi connectivity index (χ2v) is 3.69. The summed E-state index contributed by atoms with van der Waals surface area (Å²) in [5, 5.41) is 0. The first-order valence-corrected chi connectivity index (χ1v) is 5.09. The van der Waals surface area contributed by atoms with Gasteiger partial charge in [-0.25, -0.2) is 4.98 Å². The third kappa shape index (κ3) is 2.62. The molecule has 0 aliphatic rings. The molecule has 1 aromatic heterocycles. The quantitative estimate of drug-likeness (QED) is 0.797. The number of anilines is 2. The van der Waals surface area contributed by atoms with E-state index in [0.29, 0.717) is 11.9 Å². The molecule has 0 aromatic carbocycles. The monoisotopic (exact) mass is 193 g/mol. The molecule has 1 unspecified atom stereocenters. The van der Waals surface area contributed by atoms with Gasteiger partial charge in [0.25, 0.3) is 0 Å². The summed E-state index contributed by atoms with van der Waals surface area (Å²) in [5.41, 5.74) is 6.66. The van der Waals surface area contributed by atoms with Gasteiger partial charge in [-0.2, -0.15) is 0 Å². The molecule has 1 rings (SSSR count). The van der Waals surface area contributed by atoms with Gasteiger partial charge in [0.1, 0.15) is 5.82 Å². The van der Waals surface area contributed by atoms with E-state index in [1.54, 1.807) is 0 Å². The second kappa shape index (κ2) is 4.84. The van der Waals surface area contributed by atoms with E-state index >= 15 is 0 Å². The van der Waals surface area contributed by atoms with Crippen LogP contribution in [0.5, 0.6) is 0 Å². The first kappa shape index (κ1) is 10.8. The molecule has 1 heterocycles. The van der Waals surface area contributed by atoms with Gasteiger partial charge in [-0.15, -0.1) is 0 Å². The number of aromatic nitrogens is 1. The third-order valence-electron chi connectivity index (χ3n) is 2.55. The van der Waals surface area contributed by atoms with Crippen molar-refractivity contribution in [3.63, 3.8) is 0 Å². The molecular formula is C11H19N3. The summed E-state index contributed by atoms with van der Waals surface area (Å²) >= 11 is 0. The molecule has 0 spiro atoms. The predicted molar refractivity (Wildman–Crippen MR) is 61.4 cm³/mol. The highest BCUT2D eigenvalue weighted by Gasteiger charge is 2.08. The molecule has 0 saturated heterocycles. The Morgan fingerprint density at radius 1 is 1.50 bits per heavy atom. The van der Waals surface area contributed by atoms with E-state index < -0.39 is 0 Å². The Morgan fingerprint density at radius 3 is 2.71 bits per heavy atom. The Bertz CT molecular complexity index is 268. The fraction of sp³-hybridized carbons (Fsp3) is 0.545. The van der Waals surface area contributed by atoms with Crippen LogP contribution in [0.4, 0.5) is 11.5 Å². The lowest BCUT2D eigenvalue weighted by Gasteiger charge is -2.26. The maximum atomic E-state index is 5.53. The summed E-state index contributed by atoms with van der Waals surface area (Å²) in [5.74, 6) is 0.574. The van der Waals surface area contributed by atoms with Crippen molar-refractivity contribution >= 4 is 11.5 Å². The molecule has 0 saturated carbocycles. The van der Waals surface area contributed by atoms with E-state index in [4.69, 9.17) is 5.73 Å². The molecule has 0 aliphatic carbocycles. The zero-order chi connectivity index (χ0) is 10.6. The van der Waals surface area contributed by atoms with Gasteiger partial charge in [-0.05, 0) is 25.5 Å². The van der Waals surface area contributed by atoms with Gasteiger partial charge in [0.2, 0.25) is 0 Å². The lowest BCUT2D eigenvalue weighted by molar-refractivity contribution is 0.615. The maximum absolute atomic E-state index is 5.53. The normalized spacial score (nSPS) is 12.5. The Balaban J connectivity index is 2.68. The van der Waals surface area contributed by atoms with E-state index in [2.05, 4.69) is 30.8 Å². The lowest BCUT2D eigenvalue weighted by atomic mass is 10.1. The number of hydrogen-bond acceptors (Lipinski definition) is 3. The van der Waals surface area contributed by atoms with Crippen LogP contribution >= 0.6 is 0 Å². The van der Waals surface area contributed by atoms with Crippen molar-refractivity contribution in [1.82, 2.24) is 4.98 Å². The molecule has 0 fully saturated rings. The number of pyridine rings is 1. The molecule has 0 bridgehead atoms. The van der Waals surface area contributed by atoms with Crippen LogP contribution in [-0.2, 0) is 0 Å². The average molecular weight is 193 g/mol. The number of nitrogen functional groups attached to an aromatic ring is 1. The minimum absolute atomic E-state index is 0.547. The summed E-state index contributed by atoms with van der Waals surface area (Å²) in [4.78, 5) is 6.31. The van der Waals surface area contributed by atoms with Crippen LogP contribution in [0, 0.1) is 0 Å². The largest absolute Gasteiger partial charge is 0.384 e. The van der Waals surface area contributed by atoms with Crippen molar-refractivity contribution in [2.24, 2.45) is 0 Å². The Kier molecular flexibility index (Phi) is 3.74. The zero-order valence-electron chi connectivity index (χ0n) is 9.20. The van der Waals surface area contributed by atoms with Crippen molar-refractivity contribution < 1.29 is 0 Å². The number of nitrogens with two attached hydrogens (primary N) is 1. The van der Waals surface area contributed by atoms with Gasteiger partial charge < -0.3 is 10.6 Å². The van der Waals surface area contributed by atoms with Crippen molar-refractivity contribution in [1.29, 1.82) is 0 Å². The Labute approximate surface area is 85.9 Å². The zero-order valence-corrected chi connectivity index (χ0v) is 9.20. The minimum atomic E-state index is 0.547. The van der Waals surface area contributed by atoms with Gasteiger partial charge >= 0.3 is 0 Å². The van der Waals surface area contributed by atoms with E-state index in [1.807, 2.05) is 18.3 Å². The predicted octanol–water partition coefficient (Wildman–Crippen LogP) is 2.29. The lowest BCUT2D eigenvalue weighted by Crippen LogP contribution is -2.28. The third-order valence-corrected chi connectivity index (χ3v) is 2.55. The summed E-state index contributed by atoms with van der Waals surface area (Å²) < 4.78 is 0. The van der Waals surface area contributed by atoms with E-state index in [0.717, 1.165) is 5.69 Å². The van der Waals surface area contributed by atoms with Gasteiger partial charge in [0.05, 0.1) is 11.9 Å². The van der Waals surface area contributed by atoms with Crippen LogP contribution in [-0.4, -0.2) is 18.1 Å². The standard InChI is InChI=1S/C11H19N3/c1-4-5-9(2)14(3)10-6-7-11(12)13-8-10/h6-9H,4-5H2,1-3H3,(H2,12,13). The van der Waals surface area contributed by atoms with Crippen LogP contribution < -0.4 is 10.6 Å². The van der Waals surface area contributed by atoms with Crippen LogP contribution in [0.2, 0.25) is 0 Å². The van der Waals surface area contributed by atoms with Crippen molar-refractivity contribution in [3.05, 3.63) is 18.3 Å². The molecule has 0 aliphatic heterocycles. The summed E-state index contributed by atoms with van der Waals surface area (Å²) in [6.07, 6.45) is 4.22. The molecule has 2 N–H and O–H groups in total. The highest BCUT2D eigenvalue weighted by Crippen LogP contribution is 2.16. The topological polar surface area (TPSA) is 42.1 Å². The number of nitrogens with zero attached hydrogens (tertiary/aromatic N) is 2. The highest BCUT2D eigenvalue weighted by atomic mass is 15.1. The molecule has 0 radical (unpaired) electrons. The second-order valence-electron chi connectivity index (χ2n) is 3.69. The molecule has 0 amide bonds. The number of rotatable bonds is 4. The number of hydrogen-bond donors (Lipinski definition) is 1. The van der Waals surface area contributed by atoms with Gasteiger partial charge in [-0.3, -0.25) is 0 Å². The van der Waals surface area contributed by atoms with Crippen LogP contribution in [0.3, 0.4) is 0 Å². The van der Waals surface area contributed by atoms with Crippen LogP contribution in [0.1, 0.15) is 26.7 Å². The fourth-order valence-corrected chi connectivity index (χ4v) is 1.47. The molecule has 78 valence electrons.